The van der Waals surface area contributed by atoms with Crippen molar-refractivity contribution in [3.8, 4) is 12.3 Å². The normalized spacial score (nSPS) is 9.14. The molecule has 1 aromatic heterocycles. The van der Waals surface area contributed by atoms with Gasteiger partial charge in [0.05, 0.1) is 6.54 Å². The number of aromatic carboxylic acids is 1. The molecular weight excluding hydrogens is 182 g/mol. The quantitative estimate of drug-likeness (QED) is 0.693. The molecule has 5 nitrogen and oxygen atoms in total. The summed E-state index contributed by atoms with van der Waals surface area (Å²) in [6.45, 7) is 0.303. The van der Waals surface area contributed by atoms with Gasteiger partial charge in [0, 0.05) is 13.2 Å². The molecule has 0 fully saturated rings. The Kier molecular flexibility index (Phi) is 3.02. The smallest absolute Gasteiger partial charge is 0.341 e. The van der Waals surface area contributed by atoms with Crippen LogP contribution in [0.2, 0.25) is 0 Å². The van der Waals surface area contributed by atoms with Gasteiger partial charge in [0.25, 0.3) is 0 Å². The maximum atomic E-state index is 10.8. The van der Waals surface area contributed by atoms with Gasteiger partial charge in [-0.3, -0.25) is 0 Å². The molecule has 0 aromatic carbocycles. The Labute approximate surface area is 81.4 Å². The van der Waals surface area contributed by atoms with Gasteiger partial charge in [0.1, 0.15) is 17.7 Å². The highest BCUT2D eigenvalue weighted by atomic mass is 16.4. The summed E-state index contributed by atoms with van der Waals surface area (Å²) in [5.74, 6) is 1.66. The van der Waals surface area contributed by atoms with Gasteiger partial charge in [-0.05, 0) is 0 Å². The summed E-state index contributed by atoms with van der Waals surface area (Å²) in [6, 6.07) is 0. The lowest BCUT2D eigenvalue weighted by Crippen LogP contribution is -2.21. The van der Waals surface area contributed by atoms with E-state index in [9.17, 15) is 4.79 Å². The Morgan fingerprint density at radius 1 is 1.79 bits per heavy atom. The third-order valence-electron chi connectivity index (χ3n) is 1.61. The van der Waals surface area contributed by atoms with Crippen molar-refractivity contribution in [3.63, 3.8) is 0 Å². The van der Waals surface area contributed by atoms with Crippen molar-refractivity contribution < 1.29 is 9.90 Å². The number of rotatable bonds is 3. The molecule has 0 bridgehead atoms. The molecule has 0 aliphatic heterocycles. The maximum Gasteiger partial charge on any atom is 0.341 e. The van der Waals surface area contributed by atoms with E-state index in [0.29, 0.717) is 12.4 Å². The van der Waals surface area contributed by atoms with Crippen LogP contribution in [-0.2, 0) is 0 Å². The number of terminal acetylenes is 1. The third-order valence-corrected chi connectivity index (χ3v) is 1.61. The molecule has 0 aliphatic rings. The molecule has 0 aliphatic carbocycles. The highest BCUT2D eigenvalue weighted by Crippen LogP contribution is 2.13. The average molecular weight is 191 g/mol. The van der Waals surface area contributed by atoms with Crippen LogP contribution in [0.3, 0.4) is 0 Å². The first-order valence-corrected chi connectivity index (χ1v) is 3.84. The third kappa shape index (κ3) is 1.98. The summed E-state index contributed by atoms with van der Waals surface area (Å²) >= 11 is 0. The number of anilines is 1. The van der Waals surface area contributed by atoms with Crippen LogP contribution >= 0.6 is 0 Å². The zero-order valence-corrected chi connectivity index (χ0v) is 7.64. The van der Waals surface area contributed by atoms with Gasteiger partial charge in [-0.15, -0.1) is 6.42 Å². The molecule has 0 saturated heterocycles. The van der Waals surface area contributed by atoms with Crippen LogP contribution in [0.15, 0.2) is 12.5 Å². The van der Waals surface area contributed by atoms with E-state index in [1.807, 2.05) is 0 Å². The molecule has 0 saturated carbocycles. The molecule has 0 spiro atoms. The van der Waals surface area contributed by atoms with E-state index >= 15 is 0 Å². The minimum absolute atomic E-state index is 0.0465. The summed E-state index contributed by atoms with van der Waals surface area (Å²) in [5, 5.41) is 8.82. The largest absolute Gasteiger partial charge is 0.477 e. The molecule has 1 heterocycles. The van der Waals surface area contributed by atoms with E-state index in [0.717, 1.165) is 0 Å². The second-order valence-electron chi connectivity index (χ2n) is 2.63. The molecule has 14 heavy (non-hydrogen) atoms. The maximum absolute atomic E-state index is 10.8. The van der Waals surface area contributed by atoms with Crippen molar-refractivity contribution in [1.29, 1.82) is 0 Å². The number of aromatic nitrogens is 2. The number of nitrogens with zero attached hydrogens (tertiary/aromatic N) is 3. The molecule has 1 aromatic rings. The highest BCUT2D eigenvalue weighted by Gasteiger charge is 2.13. The van der Waals surface area contributed by atoms with Gasteiger partial charge in [0.2, 0.25) is 0 Å². The van der Waals surface area contributed by atoms with Gasteiger partial charge in [-0.2, -0.15) is 0 Å². The second-order valence-corrected chi connectivity index (χ2v) is 2.63. The summed E-state index contributed by atoms with van der Waals surface area (Å²) in [6.07, 6.45) is 7.64. The minimum atomic E-state index is -1.07. The second kappa shape index (κ2) is 4.23. The molecule has 0 atom stereocenters. The van der Waals surface area contributed by atoms with Crippen molar-refractivity contribution >= 4 is 11.8 Å². The van der Waals surface area contributed by atoms with Crippen LogP contribution < -0.4 is 4.90 Å². The lowest BCUT2D eigenvalue weighted by atomic mass is 10.3. The van der Waals surface area contributed by atoms with Crippen molar-refractivity contribution in [2.75, 3.05) is 18.5 Å². The zero-order chi connectivity index (χ0) is 10.6. The number of hydrogen-bond donors (Lipinski definition) is 1. The van der Waals surface area contributed by atoms with Gasteiger partial charge in [0.15, 0.2) is 0 Å². The van der Waals surface area contributed by atoms with Crippen LogP contribution in [0.25, 0.3) is 0 Å². The summed E-state index contributed by atoms with van der Waals surface area (Å²) in [4.78, 5) is 19.8. The summed E-state index contributed by atoms with van der Waals surface area (Å²) in [5.41, 5.74) is 0.0465. The first-order chi connectivity index (χ1) is 6.66. The van der Waals surface area contributed by atoms with Crippen molar-refractivity contribution in [2.45, 2.75) is 0 Å². The van der Waals surface area contributed by atoms with E-state index in [1.165, 1.54) is 12.5 Å². The van der Waals surface area contributed by atoms with E-state index in [4.69, 9.17) is 11.5 Å². The number of carboxylic acids is 1. The van der Waals surface area contributed by atoms with Crippen LogP contribution in [0.1, 0.15) is 10.4 Å². The SMILES string of the molecule is C#CCN(C)c1ncncc1C(=O)O. The molecule has 0 radical (unpaired) electrons. The van der Waals surface area contributed by atoms with Gasteiger partial charge in [-0.25, -0.2) is 14.8 Å². The Hall–Kier alpha value is -2.09. The van der Waals surface area contributed by atoms with Crippen molar-refractivity contribution in [3.05, 3.63) is 18.1 Å². The monoisotopic (exact) mass is 191 g/mol. The lowest BCUT2D eigenvalue weighted by molar-refractivity contribution is 0.0696. The van der Waals surface area contributed by atoms with Gasteiger partial charge >= 0.3 is 5.97 Å². The fraction of sp³-hybridized carbons (Fsp3) is 0.222. The fourth-order valence-corrected chi connectivity index (χ4v) is 0.990. The van der Waals surface area contributed by atoms with Crippen LogP contribution in [-0.4, -0.2) is 34.6 Å². The number of carbonyl (C=O) groups is 1. The van der Waals surface area contributed by atoms with Crippen molar-refractivity contribution in [2.24, 2.45) is 0 Å². The number of hydrogen-bond acceptors (Lipinski definition) is 4. The lowest BCUT2D eigenvalue weighted by Gasteiger charge is -2.15. The predicted molar refractivity (Wildman–Crippen MR) is 51.1 cm³/mol. The first kappa shape index (κ1) is 9.99. The Bertz CT molecular complexity index is 384. The summed E-state index contributed by atoms with van der Waals surface area (Å²) in [7, 11) is 1.68. The predicted octanol–water partition coefficient (Wildman–Crippen LogP) is 0.244. The fourth-order valence-electron chi connectivity index (χ4n) is 0.990. The van der Waals surface area contributed by atoms with E-state index in [2.05, 4.69) is 15.9 Å². The molecular formula is C9H9N3O2. The standard InChI is InChI=1S/C9H9N3O2/c1-3-4-12(2)8-7(9(13)14)5-10-6-11-8/h1,5-6H,4H2,2H3,(H,13,14). The van der Waals surface area contributed by atoms with E-state index in [1.54, 1.807) is 11.9 Å². The zero-order valence-electron chi connectivity index (χ0n) is 7.64. The Morgan fingerprint density at radius 3 is 3.07 bits per heavy atom. The van der Waals surface area contributed by atoms with Crippen LogP contribution in [0.5, 0.6) is 0 Å². The van der Waals surface area contributed by atoms with Crippen LogP contribution in [0.4, 0.5) is 5.82 Å². The minimum Gasteiger partial charge on any atom is -0.477 e. The Balaban J connectivity index is 3.08. The highest BCUT2D eigenvalue weighted by molar-refractivity contribution is 5.92. The topological polar surface area (TPSA) is 66.3 Å². The first-order valence-electron chi connectivity index (χ1n) is 3.84. The Morgan fingerprint density at radius 2 is 2.50 bits per heavy atom. The molecule has 0 unspecified atom stereocenters. The molecule has 72 valence electrons. The molecule has 0 amide bonds. The summed E-state index contributed by atoms with van der Waals surface area (Å²) < 4.78 is 0. The molecule has 1 N–H and O–H groups in total. The number of carboxylic acid groups (broad SMARTS) is 1. The van der Waals surface area contributed by atoms with Crippen LogP contribution in [0, 0.1) is 12.3 Å². The van der Waals surface area contributed by atoms with E-state index in [-0.39, 0.29) is 5.56 Å². The average Bonchev–Trinajstić information content (AvgIpc) is 2.18. The van der Waals surface area contributed by atoms with E-state index < -0.39 is 5.97 Å². The molecule has 5 heteroatoms. The van der Waals surface area contributed by atoms with Gasteiger partial charge in [-0.1, -0.05) is 5.92 Å². The van der Waals surface area contributed by atoms with Gasteiger partial charge < -0.3 is 10.0 Å². The molecule has 1 rings (SSSR count). The van der Waals surface area contributed by atoms with Crippen molar-refractivity contribution in [1.82, 2.24) is 9.97 Å².